The molecule has 0 aromatic carbocycles. The lowest BCUT2D eigenvalue weighted by molar-refractivity contribution is -0.135. The third-order valence-corrected chi connectivity index (χ3v) is 3.20. The molecule has 102 valence electrons. The summed E-state index contributed by atoms with van der Waals surface area (Å²) in [5, 5.41) is 0. The summed E-state index contributed by atoms with van der Waals surface area (Å²) in [4.78, 5) is 40.2. The summed E-state index contributed by atoms with van der Waals surface area (Å²) in [7, 11) is 9.80. The Morgan fingerprint density at radius 3 is 0.833 bits per heavy atom. The van der Waals surface area contributed by atoms with Crippen LogP contribution in [0.25, 0.3) is 0 Å². The molecular weight excluding hydrogens is 234 g/mol. The normalized spacial score (nSPS) is 25.3. The van der Waals surface area contributed by atoms with Gasteiger partial charge in [0.1, 0.15) is 0 Å². The number of rotatable bonds is 3. The van der Waals surface area contributed by atoms with E-state index in [1.165, 1.54) is 14.7 Å². The first kappa shape index (κ1) is 14.5. The van der Waals surface area contributed by atoms with Crippen LogP contribution in [0.5, 0.6) is 0 Å². The van der Waals surface area contributed by atoms with Crippen LogP contribution in [-0.4, -0.2) is 74.7 Å². The summed E-state index contributed by atoms with van der Waals surface area (Å²) in [6.07, 6.45) is 0. The number of amides is 3. The maximum Gasteiger partial charge on any atom is 0.226 e. The highest BCUT2D eigenvalue weighted by molar-refractivity contribution is 6.01. The van der Waals surface area contributed by atoms with Crippen LogP contribution in [-0.2, 0) is 14.4 Å². The van der Waals surface area contributed by atoms with Crippen LogP contribution in [0, 0.1) is 17.8 Å². The molecule has 1 saturated carbocycles. The van der Waals surface area contributed by atoms with Crippen LogP contribution < -0.4 is 0 Å². The fourth-order valence-corrected chi connectivity index (χ4v) is 2.13. The van der Waals surface area contributed by atoms with Crippen molar-refractivity contribution in [3.8, 4) is 0 Å². The summed E-state index contributed by atoms with van der Waals surface area (Å²) in [6.45, 7) is 0. The van der Waals surface area contributed by atoms with Gasteiger partial charge in [-0.15, -0.1) is 0 Å². The minimum atomic E-state index is -0.509. The van der Waals surface area contributed by atoms with Gasteiger partial charge in [-0.1, -0.05) is 0 Å². The molecule has 6 nitrogen and oxygen atoms in total. The molecule has 0 aromatic heterocycles. The highest BCUT2D eigenvalue weighted by atomic mass is 16.2. The average Bonchev–Trinajstić information content (AvgIpc) is 2.99. The summed E-state index contributed by atoms with van der Waals surface area (Å²) in [6, 6.07) is 0. The van der Waals surface area contributed by atoms with Crippen molar-refractivity contribution in [2.24, 2.45) is 17.8 Å². The molecule has 1 rings (SSSR count). The van der Waals surface area contributed by atoms with Crippen molar-refractivity contribution in [3.05, 3.63) is 0 Å². The van der Waals surface area contributed by atoms with Crippen molar-refractivity contribution in [1.82, 2.24) is 14.7 Å². The number of carbonyl (C=O) groups is 3. The molecule has 0 aliphatic heterocycles. The zero-order valence-corrected chi connectivity index (χ0v) is 11.8. The van der Waals surface area contributed by atoms with Crippen LogP contribution in [0.3, 0.4) is 0 Å². The first-order valence-electron chi connectivity index (χ1n) is 5.83. The van der Waals surface area contributed by atoms with Crippen molar-refractivity contribution < 1.29 is 14.4 Å². The monoisotopic (exact) mass is 255 g/mol. The van der Waals surface area contributed by atoms with E-state index < -0.39 is 17.8 Å². The van der Waals surface area contributed by atoms with Crippen LogP contribution >= 0.6 is 0 Å². The fraction of sp³-hybridized carbons (Fsp3) is 0.750. The number of nitrogens with zero attached hydrogens (tertiary/aromatic N) is 3. The topological polar surface area (TPSA) is 60.9 Å². The quantitative estimate of drug-likeness (QED) is 0.657. The van der Waals surface area contributed by atoms with Gasteiger partial charge < -0.3 is 14.7 Å². The Hall–Kier alpha value is -1.59. The maximum absolute atomic E-state index is 12.0. The van der Waals surface area contributed by atoms with Gasteiger partial charge in [0.05, 0.1) is 17.8 Å². The van der Waals surface area contributed by atoms with Gasteiger partial charge in [-0.2, -0.15) is 0 Å². The van der Waals surface area contributed by atoms with Crippen LogP contribution in [0.4, 0.5) is 0 Å². The van der Waals surface area contributed by atoms with Crippen molar-refractivity contribution >= 4 is 17.7 Å². The summed E-state index contributed by atoms with van der Waals surface area (Å²) < 4.78 is 0. The van der Waals surface area contributed by atoms with E-state index in [1.807, 2.05) is 0 Å². The molecule has 1 aliphatic rings. The van der Waals surface area contributed by atoms with Gasteiger partial charge in [0.2, 0.25) is 17.7 Å². The molecule has 0 atom stereocenters. The standard InChI is InChI=1S/C12H21N3O3/c1-13(2)10(16)7-8(11(17)14(3)4)9(7)12(18)15(5)6/h7-9H,1-6H3. The molecule has 0 aromatic rings. The van der Waals surface area contributed by atoms with E-state index in [1.54, 1.807) is 42.3 Å². The summed E-state index contributed by atoms with van der Waals surface area (Å²) in [5.41, 5.74) is 0. The highest BCUT2D eigenvalue weighted by Gasteiger charge is 2.63. The third-order valence-electron chi connectivity index (χ3n) is 3.20. The Balaban J connectivity index is 2.91. The second-order valence-electron chi connectivity index (χ2n) is 5.28. The van der Waals surface area contributed by atoms with Crippen molar-refractivity contribution in [1.29, 1.82) is 0 Å². The molecule has 0 heterocycles. The molecule has 3 amide bonds. The molecule has 0 saturated heterocycles. The first-order chi connectivity index (χ1) is 8.20. The van der Waals surface area contributed by atoms with Crippen molar-refractivity contribution in [3.63, 3.8) is 0 Å². The van der Waals surface area contributed by atoms with E-state index in [2.05, 4.69) is 0 Å². The SMILES string of the molecule is CN(C)C(=O)C1C(C(=O)N(C)C)C1C(=O)N(C)C. The predicted octanol–water partition coefficient (Wildman–Crippen LogP) is -0.887. The number of hydrogen-bond acceptors (Lipinski definition) is 3. The van der Waals surface area contributed by atoms with E-state index in [0.29, 0.717) is 0 Å². The molecule has 0 radical (unpaired) electrons. The van der Waals surface area contributed by atoms with Gasteiger partial charge in [0.15, 0.2) is 0 Å². The van der Waals surface area contributed by atoms with Gasteiger partial charge in [0.25, 0.3) is 0 Å². The summed E-state index contributed by atoms with van der Waals surface area (Å²) >= 11 is 0. The Morgan fingerprint density at radius 1 is 0.556 bits per heavy atom. The minimum Gasteiger partial charge on any atom is -0.349 e. The van der Waals surface area contributed by atoms with Crippen molar-refractivity contribution in [2.75, 3.05) is 42.3 Å². The second-order valence-corrected chi connectivity index (χ2v) is 5.28. The van der Waals surface area contributed by atoms with Crippen LogP contribution in [0.2, 0.25) is 0 Å². The molecule has 0 spiro atoms. The third kappa shape index (κ3) is 2.47. The molecule has 0 bridgehead atoms. The molecule has 6 heteroatoms. The molecule has 1 aliphatic carbocycles. The van der Waals surface area contributed by atoms with Crippen LogP contribution in [0.1, 0.15) is 0 Å². The Bertz CT molecular complexity index is 314. The number of hydrogen-bond donors (Lipinski definition) is 0. The molecule has 1 fully saturated rings. The van der Waals surface area contributed by atoms with Gasteiger partial charge >= 0.3 is 0 Å². The zero-order chi connectivity index (χ0) is 14.2. The smallest absolute Gasteiger partial charge is 0.226 e. The lowest BCUT2D eigenvalue weighted by Crippen LogP contribution is -2.28. The fourth-order valence-electron chi connectivity index (χ4n) is 2.13. The maximum atomic E-state index is 12.0. The molecule has 0 N–H and O–H groups in total. The van der Waals surface area contributed by atoms with Crippen molar-refractivity contribution in [2.45, 2.75) is 0 Å². The Morgan fingerprint density at radius 2 is 0.722 bits per heavy atom. The number of carbonyl (C=O) groups excluding carboxylic acids is 3. The molecular formula is C12H21N3O3. The lowest BCUT2D eigenvalue weighted by Gasteiger charge is -2.11. The van der Waals surface area contributed by atoms with E-state index in [0.717, 1.165) is 0 Å². The van der Waals surface area contributed by atoms with E-state index in [9.17, 15) is 14.4 Å². The van der Waals surface area contributed by atoms with Gasteiger partial charge in [-0.05, 0) is 0 Å². The highest BCUT2D eigenvalue weighted by Crippen LogP contribution is 2.49. The van der Waals surface area contributed by atoms with E-state index in [-0.39, 0.29) is 17.7 Å². The lowest BCUT2D eigenvalue weighted by atomic mass is 10.2. The Kier molecular flexibility index (Phi) is 3.98. The molecule has 0 unspecified atom stereocenters. The average molecular weight is 255 g/mol. The predicted molar refractivity (Wildman–Crippen MR) is 66.6 cm³/mol. The minimum absolute atomic E-state index is 0.157. The largest absolute Gasteiger partial charge is 0.349 e. The van der Waals surface area contributed by atoms with E-state index in [4.69, 9.17) is 0 Å². The van der Waals surface area contributed by atoms with Gasteiger partial charge in [-0.25, -0.2) is 0 Å². The van der Waals surface area contributed by atoms with E-state index >= 15 is 0 Å². The second kappa shape index (κ2) is 4.96. The van der Waals surface area contributed by atoms with Gasteiger partial charge in [0, 0.05) is 42.3 Å². The summed E-state index contributed by atoms with van der Waals surface area (Å²) in [5.74, 6) is -2.00. The van der Waals surface area contributed by atoms with Gasteiger partial charge in [-0.3, -0.25) is 14.4 Å². The molecule has 18 heavy (non-hydrogen) atoms. The first-order valence-corrected chi connectivity index (χ1v) is 5.83. The zero-order valence-electron chi connectivity index (χ0n) is 11.8. The Labute approximate surface area is 108 Å². The van der Waals surface area contributed by atoms with Crippen LogP contribution in [0.15, 0.2) is 0 Å².